The van der Waals surface area contributed by atoms with Gasteiger partial charge in [-0.25, -0.2) is 9.78 Å². The molecule has 4 aromatic rings. The van der Waals surface area contributed by atoms with Gasteiger partial charge in [0.25, 0.3) is 0 Å². The first-order valence-electron chi connectivity index (χ1n) is 10.9. The van der Waals surface area contributed by atoms with Gasteiger partial charge in [-0.15, -0.1) is 0 Å². The summed E-state index contributed by atoms with van der Waals surface area (Å²) in [5, 5.41) is 0.812. The number of rotatable bonds is 4. The highest BCUT2D eigenvalue weighted by atomic mass is 16.7. The van der Waals surface area contributed by atoms with Crippen LogP contribution < -0.4 is 9.47 Å². The van der Waals surface area contributed by atoms with E-state index in [4.69, 9.17) is 19.2 Å². The Hall–Kier alpha value is -4.19. The summed E-state index contributed by atoms with van der Waals surface area (Å²) in [5.41, 5.74) is 5.98. The fourth-order valence-corrected chi connectivity index (χ4v) is 4.41. The van der Waals surface area contributed by atoms with Crippen molar-refractivity contribution in [1.82, 2.24) is 9.97 Å². The Balaban J connectivity index is 1.39. The van der Waals surface area contributed by atoms with Crippen molar-refractivity contribution in [2.75, 3.05) is 6.79 Å². The molecule has 2 aromatic carbocycles. The molecule has 0 saturated carbocycles. The van der Waals surface area contributed by atoms with Gasteiger partial charge in [0.1, 0.15) is 6.61 Å². The number of fused-ring (bicyclic) bond motifs is 3. The van der Waals surface area contributed by atoms with Gasteiger partial charge >= 0.3 is 5.97 Å². The summed E-state index contributed by atoms with van der Waals surface area (Å²) >= 11 is 0. The molecular weight excluding hydrogens is 416 g/mol. The molecule has 0 spiro atoms. The highest BCUT2D eigenvalue weighted by molar-refractivity contribution is 6.07. The van der Waals surface area contributed by atoms with E-state index in [0.29, 0.717) is 11.3 Å². The number of nitrogens with zero attached hydrogens (tertiary/aromatic N) is 2. The van der Waals surface area contributed by atoms with Crippen LogP contribution in [0.2, 0.25) is 0 Å². The van der Waals surface area contributed by atoms with Gasteiger partial charge in [-0.05, 0) is 65.9 Å². The summed E-state index contributed by atoms with van der Waals surface area (Å²) < 4.78 is 16.6. The Morgan fingerprint density at radius 3 is 2.79 bits per heavy atom. The largest absolute Gasteiger partial charge is 0.456 e. The fourth-order valence-electron chi connectivity index (χ4n) is 4.41. The fraction of sp³-hybridized carbons (Fsp3) is 0.148. The lowest BCUT2D eigenvalue weighted by molar-refractivity contribution is 0.0469. The van der Waals surface area contributed by atoms with Crippen LogP contribution >= 0.6 is 0 Å². The highest BCUT2D eigenvalue weighted by Crippen LogP contribution is 2.39. The summed E-state index contributed by atoms with van der Waals surface area (Å²) in [5.74, 6) is 1.15. The van der Waals surface area contributed by atoms with E-state index < -0.39 is 0 Å². The van der Waals surface area contributed by atoms with Crippen LogP contribution in [0.25, 0.3) is 22.6 Å². The van der Waals surface area contributed by atoms with Crippen molar-refractivity contribution < 1.29 is 19.0 Å². The van der Waals surface area contributed by atoms with Crippen LogP contribution in [0, 0.1) is 0 Å². The number of hydrogen-bond acceptors (Lipinski definition) is 6. The van der Waals surface area contributed by atoms with Crippen LogP contribution in [0.4, 0.5) is 0 Å². The van der Waals surface area contributed by atoms with Crippen LogP contribution in [0.3, 0.4) is 0 Å². The molecule has 6 nitrogen and oxygen atoms in total. The smallest absolute Gasteiger partial charge is 0.339 e. The van der Waals surface area contributed by atoms with Gasteiger partial charge in [0.15, 0.2) is 11.5 Å². The van der Waals surface area contributed by atoms with Crippen molar-refractivity contribution in [3.8, 4) is 11.5 Å². The van der Waals surface area contributed by atoms with Gasteiger partial charge in [-0.2, -0.15) is 0 Å². The lowest BCUT2D eigenvalue weighted by atomic mass is 10.0. The number of carbonyl (C=O) groups excluding carboxylic acids is 1. The molecule has 6 rings (SSSR count). The molecule has 1 aliphatic heterocycles. The van der Waals surface area contributed by atoms with Gasteiger partial charge in [-0.3, -0.25) is 4.98 Å². The number of aromatic nitrogens is 2. The molecule has 0 radical (unpaired) electrons. The van der Waals surface area contributed by atoms with E-state index in [1.165, 1.54) is 0 Å². The summed E-state index contributed by atoms with van der Waals surface area (Å²) in [6, 6.07) is 19.2. The second-order valence-corrected chi connectivity index (χ2v) is 8.01. The highest BCUT2D eigenvalue weighted by Gasteiger charge is 2.28. The minimum atomic E-state index is -0.347. The lowest BCUT2D eigenvalue weighted by Crippen LogP contribution is -2.11. The molecule has 0 atom stereocenters. The summed E-state index contributed by atoms with van der Waals surface area (Å²) in [4.78, 5) is 22.4. The number of esters is 1. The van der Waals surface area contributed by atoms with Gasteiger partial charge < -0.3 is 14.2 Å². The Morgan fingerprint density at radius 2 is 1.88 bits per heavy atom. The molecule has 33 heavy (non-hydrogen) atoms. The molecule has 3 heterocycles. The van der Waals surface area contributed by atoms with E-state index in [2.05, 4.69) is 11.1 Å². The van der Waals surface area contributed by atoms with Crippen molar-refractivity contribution in [1.29, 1.82) is 0 Å². The van der Waals surface area contributed by atoms with Crippen LogP contribution in [0.5, 0.6) is 11.5 Å². The maximum atomic E-state index is 13.3. The van der Waals surface area contributed by atoms with Crippen LogP contribution in [-0.2, 0) is 17.8 Å². The number of para-hydroxylation sites is 1. The third-order valence-corrected chi connectivity index (χ3v) is 5.96. The molecule has 0 bridgehead atoms. The predicted molar refractivity (Wildman–Crippen MR) is 124 cm³/mol. The summed E-state index contributed by atoms with van der Waals surface area (Å²) in [6.07, 6.45) is 5.33. The van der Waals surface area contributed by atoms with E-state index >= 15 is 0 Å². The maximum absolute atomic E-state index is 13.3. The summed E-state index contributed by atoms with van der Waals surface area (Å²) in [7, 11) is 0. The zero-order valence-corrected chi connectivity index (χ0v) is 17.8. The topological polar surface area (TPSA) is 70.5 Å². The molecule has 6 heteroatoms. The van der Waals surface area contributed by atoms with Crippen molar-refractivity contribution in [3.63, 3.8) is 0 Å². The molecule has 0 unspecified atom stereocenters. The minimum absolute atomic E-state index is 0.130. The van der Waals surface area contributed by atoms with E-state index in [-0.39, 0.29) is 19.4 Å². The van der Waals surface area contributed by atoms with Crippen molar-refractivity contribution in [2.24, 2.45) is 0 Å². The molecule has 0 amide bonds. The third-order valence-electron chi connectivity index (χ3n) is 5.96. The normalized spacial score (nSPS) is 15.1. The second kappa shape index (κ2) is 8.06. The first-order chi connectivity index (χ1) is 16.3. The Bertz CT molecular complexity index is 1410. The average molecular weight is 436 g/mol. The monoisotopic (exact) mass is 436 g/mol. The van der Waals surface area contributed by atoms with Gasteiger partial charge in [0.05, 0.1) is 22.5 Å². The number of allylic oxidation sites excluding steroid dienone is 1. The summed E-state index contributed by atoms with van der Waals surface area (Å²) in [6.45, 7) is 0.376. The standard InChI is InChI=1S/C27H20N2O4/c30-27(31-15-19-5-3-4-12-28-19)25-20-6-1-2-7-22(20)29-26-18(9-10-21(25)26)13-17-8-11-23-24(14-17)33-16-32-23/h1-8,11-14H,9-10,15-16H2/b18-13+. The second-order valence-electron chi connectivity index (χ2n) is 8.01. The molecule has 0 N–H and O–H groups in total. The zero-order chi connectivity index (χ0) is 22.2. The molecular formula is C27H20N2O4. The number of ether oxygens (including phenoxy) is 3. The SMILES string of the molecule is O=C(OCc1ccccn1)c1c2c(nc3ccccc13)/C(=C/c1ccc3c(c1)OCO3)CC2. The molecule has 1 aliphatic carbocycles. The van der Waals surface area contributed by atoms with E-state index in [1.807, 2.05) is 60.7 Å². The van der Waals surface area contributed by atoms with Crippen molar-refractivity contribution >= 4 is 28.5 Å². The van der Waals surface area contributed by atoms with Crippen LogP contribution in [0.15, 0.2) is 66.9 Å². The lowest BCUT2D eigenvalue weighted by Gasteiger charge is -2.12. The first kappa shape index (κ1) is 19.5. The van der Waals surface area contributed by atoms with Gasteiger partial charge in [0, 0.05) is 11.6 Å². The number of hydrogen-bond donors (Lipinski definition) is 0. The maximum Gasteiger partial charge on any atom is 0.339 e. The van der Waals surface area contributed by atoms with Crippen LogP contribution in [-0.4, -0.2) is 22.7 Å². The Morgan fingerprint density at radius 1 is 1.00 bits per heavy atom. The molecule has 2 aliphatic rings. The van der Waals surface area contributed by atoms with E-state index in [1.54, 1.807) is 6.20 Å². The van der Waals surface area contributed by atoms with Gasteiger partial charge in [0.2, 0.25) is 6.79 Å². The zero-order valence-electron chi connectivity index (χ0n) is 17.8. The third kappa shape index (κ3) is 3.59. The van der Waals surface area contributed by atoms with Crippen LogP contribution in [0.1, 0.15) is 39.3 Å². The Labute approximate surface area is 190 Å². The van der Waals surface area contributed by atoms with Crippen molar-refractivity contribution in [3.05, 3.63) is 94.9 Å². The minimum Gasteiger partial charge on any atom is -0.456 e. The number of carbonyl (C=O) groups is 1. The molecule has 0 fully saturated rings. The Kier molecular flexibility index (Phi) is 4.76. The predicted octanol–water partition coefficient (Wildman–Crippen LogP) is 5.20. The molecule has 0 saturated heterocycles. The van der Waals surface area contributed by atoms with Crippen molar-refractivity contribution in [2.45, 2.75) is 19.4 Å². The number of pyridine rings is 2. The quantitative estimate of drug-likeness (QED) is 0.410. The molecule has 2 aromatic heterocycles. The van der Waals surface area contributed by atoms with Gasteiger partial charge in [-0.1, -0.05) is 30.3 Å². The average Bonchev–Trinajstić information content (AvgIpc) is 3.48. The van der Waals surface area contributed by atoms with E-state index in [0.717, 1.165) is 57.6 Å². The van der Waals surface area contributed by atoms with E-state index in [9.17, 15) is 4.79 Å². The molecule has 162 valence electrons. The first-order valence-corrected chi connectivity index (χ1v) is 10.9. The number of benzene rings is 2.